The molecule has 7 nitrogen and oxygen atoms in total. The van der Waals surface area contributed by atoms with Crippen LogP contribution in [0.15, 0.2) is 48.5 Å². The van der Waals surface area contributed by atoms with Crippen molar-refractivity contribution in [3.05, 3.63) is 64.7 Å². The number of anilines is 1. The highest BCUT2D eigenvalue weighted by Crippen LogP contribution is 2.35. The van der Waals surface area contributed by atoms with Gasteiger partial charge in [-0.3, -0.25) is 9.59 Å². The molecule has 8 heteroatoms. The molecule has 0 bridgehead atoms. The Kier molecular flexibility index (Phi) is 11.0. The predicted octanol–water partition coefficient (Wildman–Crippen LogP) is 7.28. The SMILES string of the molecule is CCC(C)C(NC(=O)OC(C)(C)C)C(=O)N(C(C(=O)Nc1c(C)cccc1Cl)c1ccccc1)C(C)(C)CC. The van der Waals surface area contributed by atoms with Crippen molar-refractivity contribution in [1.82, 2.24) is 10.2 Å². The van der Waals surface area contributed by atoms with Crippen LogP contribution in [0.25, 0.3) is 0 Å². The van der Waals surface area contributed by atoms with E-state index in [0.717, 1.165) is 5.56 Å². The number of ether oxygens (including phenoxy) is 1. The van der Waals surface area contributed by atoms with Gasteiger partial charge in [0, 0.05) is 5.54 Å². The van der Waals surface area contributed by atoms with Gasteiger partial charge in [-0.15, -0.1) is 0 Å². The van der Waals surface area contributed by atoms with E-state index < -0.39 is 35.2 Å². The van der Waals surface area contributed by atoms with Crippen LogP contribution in [-0.2, 0) is 14.3 Å². The van der Waals surface area contributed by atoms with Crippen LogP contribution in [0, 0.1) is 12.8 Å². The molecule has 0 spiro atoms. The van der Waals surface area contributed by atoms with Gasteiger partial charge in [0.05, 0.1) is 10.7 Å². The van der Waals surface area contributed by atoms with Crippen LogP contribution >= 0.6 is 11.6 Å². The number of amides is 3. The van der Waals surface area contributed by atoms with Crippen LogP contribution in [0.4, 0.5) is 10.5 Å². The molecule has 0 aliphatic heterocycles. The second-order valence-corrected chi connectivity index (χ2v) is 12.0. The number of halogens is 1. The van der Waals surface area contributed by atoms with E-state index in [2.05, 4.69) is 10.6 Å². The van der Waals surface area contributed by atoms with Gasteiger partial charge in [0.2, 0.25) is 5.91 Å². The molecule has 2 rings (SSSR count). The number of aryl methyl sites for hydroxylation is 1. The third-order valence-electron chi connectivity index (χ3n) is 7.00. The van der Waals surface area contributed by atoms with Crippen LogP contribution in [0.2, 0.25) is 5.02 Å². The van der Waals surface area contributed by atoms with Crippen molar-refractivity contribution in [3.63, 3.8) is 0 Å². The molecule has 0 fully saturated rings. The van der Waals surface area contributed by atoms with Gasteiger partial charge in [0.25, 0.3) is 5.91 Å². The van der Waals surface area contributed by atoms with Crippen LogP contribution in [0.5, 0.6) is 0 Å². The number of nitrogens with zero attached hydrogens (tertiary/aromatic N) is 1. The molecule has 0 aliphatic carbocycles. The second-order valence-electron chi connectivity index (χ2n) is 11.6. The van der Waals surface area contributed by atoms with E-state index in [1.807, 2.05) is 84.0 Å². The van der Waals surface area contributed by atoms with Gasteiger partial charge in [-0.2, -0.15) is 0 Å². The van der Waals surface area contributed by atoms with Gasteiger partial charge in [0.1, 0.15) is 17.7 Å². The maximum atomic E-state index is 14.5. The van der Waals surface area contributed by atoms with Crippen molar-refractivity contribution >= 4 is 35.2 Å². The van der Waals surface area contributed by atoms with Gasteiger partial charge >= 0.3 is 6.09 Å². The highest BCUT2D eigenvalue weighted by atomic mass is 35.5. The maximum Gasteiger partial charge on any atom is 0.408 e. The monoisotopic (exact) mass is 557 g/mol. The Morgan fingerprint density at radius 3 is 2.10 bits per heavy atom. The normalized spacial score (nSPS) is 14.1. The smallest absolute Gasteiger partial charge is 0.408 e. The molecule has 39 heavy (non-hydrogen) atoms. The lowest BCUT2D eigenvalue weighted by molar-refractivity contribution is -0.148. The Morgan fingerprint density at radius 2 is 1.59 bits per heavy atom. The second kappa shape index (κ2) is 13.3. The third kappa shape index (κ3) is 8.46. The molecule has 0 heterocycles. The number of rotatable bonds is 10. The Bertz CT molecular complexity index is 1120. The zero-order valence-electron chi connectivity index (χ0n) is 24.7. The third-order valence-corrected chi connectivity index (χ3v) is 7.31. The Morgan fingerprint density at radius 1 is 0.974 bits per heavy atom. The first-order valence-electron chi connectivity index (χ1n) is 13.6. The summed E-state index contributed by atoms with van der Waals surface area (Å²) in [6, 6.07) is 12.7. The van der Waals surface area contributed by atoms with Crippen molar-refractivity contribution in [1.29, 1.82) is 0 Å². The maximum absolute atomic E-state index is 14.5. The summed E-state index contributed by atoms with van der Waals surface area (Å²) >= 11 is 6.45. The first kappa shape index (κ1) is 32.2. The number of carbonyl (C=O) groups is 3. The summed E-state index contributed by atoms with van der Waals surface area (Å²) in [6.07, 6.45) is 0.524. The molecule has 3 amide bonds. The summed E-state index contributed by atoms with van der Waals surface area (Å²) in [4.78, 5) is 43.1. The lowest BCUT2D eigenvalue weighted by atomic mass is 9.89. The van der Waals surface area contributed by atoms with Crippen molar-refractivity contribution in [2.24, 2.45) is 5.92 Å². The number of para-hydroxylation sites is 1. The van der Waals surface area contributed by atoms with E-state index >= 15 is 0 Å². The molecule has 3 atom stereocenters. The summed E-state index contributed by atoms with van der Waals surface area (Å²) in [5, 5.41) is 6.20. The molecule has 2 aromatic rings. The average molecular weight is 558 g/mol. The number of benzene rings is 2. The van der Waals surface area contributed by atoms with Crippen molar-refractivity contribution in [2.45, 2.75) is 98.4 Å². The lowest BCUT2D eigenvalue weighted by Gasteiger charge is -2.45. The Balaban J connectivity index is 2.66. The molecular formula is C31H44ClN3O4. The lowest BCUT2D eigenvalue weighted by Crippen LogP contribution is -2.60. The quantitative estimate of drug-likeness (QED) is 0.321. The molecule has 0 radical (unpaired) electrons. The molecule has 0 saturated carbocycles. The summed E-state index contributed by atoms with van der Waals surface area (Å²) in [7, 11) is 0. The van der Waals surface area contributed by atoms with Gasteiger partial charge in [0.15, 0.2) is 0 Å². The largest absolute Gasteiger partial charge is 0.444 e. The standard InChI is InChI=1S/C31H44ClN3O4/c1-10-20(3)25(34-29(38)39-30(5,6)7)28(37)35(31(8,9)11-2)26(22-17-13-12-14-18-22)27(36)33-24-21(4)16-15-19-23(24)32/h12-20,25-26H,10-11H2,1-9H3,(H,33,36)(H,34,38). The highest BCUT2D eigenvalue weighted by molar-refractivity contribution is 6.34. The van der Waals surface area contributed by atoms with Crippen molar-refractivity contribution in [3.8, 4) is 0 Å². The topological polar surface area (TPSA) is 87.7 Å². The molecule has 2 aromatic carbocycles. The van der Waals surface area contributed by atoms with Gasteiger partial charge in [-0.05, 0) is 71.1 Å². The molecular weight excluding hydrogens is 514 g/mol. The van der Waals surface area contributed by atoms with Crippen LogP contribution in [0.1, 0.15) is 85.4 Å². The number of alkyl carbamates (subject to hydrolysis) is 1. The fraction of sp³-hybridized carbons (Fsp3) is 0.516. The zero-order valence-corrected chi connectivity index (χ0v) is 25.5. The average Bonchev–Trinajstić information content (AvgIpc) is 2.86. The van der Waals surface area contributed by atoms with Gasteiger partial charge in [-0.25, -0.2) is 4.79 Å². The Hall–Kier alpha value is -3.06. The Labute approximate surface area is 238 Å². The molecule has 0 aromatic heterocycles. The predicted molar refractivity (Wildman–Crippen MR) is 158 cm³/mol. The summed E-state index contributed by atoms with van der Waals surface area (Å²) < 4.78 is 5.49. The van der Waals surface area contributed by atoms with Crippen molar-refractivity contribution in [2.75, 3.05) is 5.32 Å². The van der Waals surface area contributed by atoms with Crippen molar-refractivity contribution < 1.29 is 19.1 Å². The van der Waals surface area contributed by atoms with E-state index in [-0.39, 0.29) is 11.8 Å². The molecule has 2 N–H and O–H groups in total. The number of carbonyl (C=O) groups excluding carboxylic acids is 3. The van der Waals surface area contributed by atoms with Gasteiger partial charge < -0.3 is 20.3 Å². The zero-order chi connectivity index (χ0) is 29.5. The van der Waals surface area contributed by atoms with E-state index in [4.69, 9.17) is 16.3 Å². The van der Waals surface area contributed by atoms with E-state index in [9.17, 15) is 14.4 Å². The minimum atomic E-state index is -0.990. The first-order chi connectivity index (χ1) is 18.1. The van der Waals surface area contributed by atoms with Crippen LogP contribution in [0.3, 0.4) is 0 Å². The summed E-state index contributed by atoms with van der Waals surface area (Å²) in [5.41, 5.74) is 0.479. The van der Waals surface area contributed by atoms with Gasteiger partial charge in [-0.1, -0.05) is 81.3 Å². The summed E-state index contributed by atoms with van der Waals surface area (Å²) in [5.74, 6) is -0.972. The molecule has 3 unspecified atom stereocenters. The minimum Gasteiger partial charge on any atom is -0.444 e. The number of nitrogens with one attached hydrogen (secondary N) is 2. The molecule has 0 aliphatic rings. The number of hydrogen-bond acceptors (Lipinski definition) is 4. The van der Waals surface area contributed by atoms with E-state index in [1.54, 1.807) is 31.7 Å². The number of hydrogen-bond donors (Lipinski definition) is 2. The fourth-order valence-corrected chi connectivity index (χ4v) is 4.52. The van der Waals surface area contributed by atoms with Crippen LogP contribution < -0.4 is 10.6 Å². The van der Waals surface area contributed by atoms with E-state index in [1.165, 1.54) is 0 Å². The molecule has 0 saturated heterocycles. The summed E-state index contributed by atoms with van der Waals surface area (Å²) in [6.45, 7) is 16.9. The highest BCUT2D eigenvalue weighted by Gasteiger charge is 2.44. The minimum absolute atomic E-state index is 0.217. The van der Waals surface area contributed by atoms with Crippen LogP contribution in [-0.4, -0.2) is 40.0 Å². The van der Waals surface area contributed by atoms with E-state index in [0.29, 0.717) is 29.1 Å². The fourth-order valence-electron chi connectivity index (χ4n) is 4.25. The molecule has 214 valence electrons. The first-order valence-corrected chi connectivity index (χ1v) is 13.9.